The first-order chi connectivity index (χ1) is 6.29. The normalized spacial score (nSPS) is 10.7. The highest BCUT2D eigenvalue weighted by Crippen LogP contribution is 1.93. The van der Waals surface area contributed by atoms with E-state index in [9.17, 15) is 0 Å². The Balaban J connectivity index is 2.51. The molecule has 0 N–H and O–H groups in total. The Morgan fingerprint density at radius 2 is 2.31 bits per heavy atom. The molecule has 3 heteroatoms. The Kier molecular flexibility index (Phi) is 3.96. The zero-order valence-corrected chi connectivity index (χ0v) is 8.79. The largest absolute Gasteiger partial charge is 0.385 e. The summed E-state index contributed by atoms with van der Waals surface area (Å²) >= 11 is 0. The van der Waals surface area contributed by atoms with Crippen LogP contribution in [-0.2, 0) is 17.8 Å². The molecule has 0 atom stereocenters. The van der Waals surface area contributed by atoms with E-state index in [1.54, 1.807) is 7.11 Å². The molecule has 3 nitrogen and oxygen atoms in total. The molecular formula is C10H19N2O+. The average Bonchev–Trinajstić information content (AvgIpc) is 2.48. The topological polar surface area (TPSA) is 18.0 Å². The number of nitrogens with zero attached hydrogens (tertiary/aromatic N) is 2. The van der Waals surface area contributed by atoms with Gasteiger partial charge in [-0.05, 0) is 6.92 Å². The van der Waals surface area contributed by atoms with E-state index in [1.807, 2.05) is 0 Å². The molecule has 0 spiro atoms. The fraction of sp³-hybridized carbons (Fsp3) is 0.700. The van der Waals surface area contributed by atoms with Crippen LogP contribution in [0.25, 0.3) is 0 Å². The molecule has 0 fully saturated rings. The quantitative estimate of drug-likeness (QED) is 0.494. The molecule has 0 saturated carbocycles. The third-order valence-corrected chi connectivity index (χ3v) is 2.35. The van der Waals surface area contributed by atoms with Crippen LogP contribution >= 0.6 is 0 Å². The third kappa shape index (κ3) is 2.56. The van der Waals surface area contributed by atoms with Crippen molar-refractivity contribution in [1.29, 1.82) is 0 Å². The van der Waals surface area contributed by atoms with Crippen molar-refractivity contribution in [1.82, 2.24) is 4.57 Å². The predicted octanol–water partition coefficient (Wildman–Crippen LogP) is 1.14. The monoisotopic (exact) mass is 183 g/mol. The molecule has 13 heavy (non-hydrogen) atoms. The zero-order chi connectivity index (χ0) is 9.68. The van der Waals surface area contributed by atoms with E-state index < -0.39 is 0 Å². The number of methoxy groups -OCH3 is 1. The van der Waals surface area contributed by atoms with Gasteiger partial charge in [-0.3, -0.25) is 0 Å². The lowest BCUT2D eigenvalue weighted by atomic mass is 10.4. The molecule has 74 valence electrons. The van der Waals surface area contributed by atoms with Gasteiger partial charge in [0.25, 0.3) is 5.82 Å². The minimum atomic E-state index is 0.837. The highest BCUT2D eigenvalue weighted by molar-refractivity contribution is 4.78. The van der Waals surface area contributed by atoms with Crippen molar-refractivity contribution in [2.45, 2.75) is 33.4 Å². The van der Waals surface area contributed by atoms with Crippen molar-refractivity contribution in [3.63, 3.8) is 0 Å². The fourth-order valence-corrected chi connectivity index (χ4v) is 1.49. The van der Waals surface area contributed by atoms with Gasteiger partial charge in [-0.2, -0.15) is 0 Å². The van der Waals surface area contributed by atoms with Crippen molar-refractivity contribution < 1.29 is 9.30 Å². The number of aromatic nitrogens is 2. The van der Waals surface area contributed by atoms with Crippen LogP contribution in [0.2, 0.25) is 0 Å². The van der Waals surface area contributed by atoms with Crippen molar-refractivity contribution in [2.24, 2.45) is 0 Å². The van der Waals surface area contributed by atoms with Crippen LogP contribution in [0.1, 0.15) is 19.2 Å². The lowest BCUT2D eigenvalue weighted by Gasteiger charge is -1.99. The Labute approximate surface area is 79.9 Å². The summed E-state index contributed by atoms with van der Waals surface area (Å²) in [5, 5.41) is 0. The van der Waals surface area contributed by atoms with Gasteiger partial charge in [-0.1, -0.05) is 0 Å². The molecule has 0 aromatic carbocycles. The summed E-state index contributed by atoms with van der Waals surface area (Å²) in [4.78, 5) is 0. The van der Waals surface area contributed by atoms with Crippen LogP contribution in [0.5, 0.6) is 0 Å². The first-order valence-electron chi connectivity index (χ1n) is 4.83. The van der Waals surface area contributed by atoms with Crippen molar-refractivity contribution in [3.05, 3.63) is 18.2 Å². The van der Waals surface area contributed by atoms with Crippen molar-refractivity contribution in [2.75, 3.05) is 13.7 Å². The maximum Gasteiger partial charge on any atom is 0.253 e. The summed E-state index contributed by atoms with van der Waals surface area (Å²) in [6.45, 7) is 7.24. The SMILES string of the molecule is CCn1cc[n+](CCCOC)c1C. The Bertz CT molecular complexity index is 255. The highest BCUT2D eigenvalue weighted by Gasteiger charge is 2.08. The van der Waals surface area contributed by atoms with Crippen LogP contribution in [-0.4, -0.2) is 18.3 Å². The molecule has 0 saturated heterocycles. The molecule has 0 radical (unpaired) electrons. The number of aryl methyl sites for hydroxylation is 2. The van der Waals surface area contributed by atoms with Crippen molar-refractivity contribution in [3.8, 4) is 0 Å². The predicted molar refractivity (Wildman–Crippen MR) is 51.5 cm³/mol. The molecule has 1 aromatic rings. The van der Waals surface area contributed by atoms with E-state index >= 15 is 0 Å². The van der Waals surface area contributed by atoms with Crippen LogP contribution in [0.4, 0.5) is 0 Å². The van der Waals surface area contributed by atoms with E-state index in [1.165, 1.54) is 5.82 Å². The Morgan fingerprint density at radius 3 is 2.85 bits per heavy atom. The summed E-state index contributed by atoms with van der Waals surface area (Å²) in [5.41, 5.74) is 0. The Hall–Kier alpha value is -0.830. The van der Waals surface area contributed by atoms with Gasteiger partial charge in [0.15, 0.2) is 0 Å². The highest BCUT2D eigenvalue weighted by atomic mass is 16.5. The third-order valence-electron chi connectivity index (χ3n) is 2.35. The zero-order valence-electron chi connectivity index (χ0n) is 8.79. The maximum absolute atomic E-state index is 5.02. The first kappa shape index (κ1) is 10.3. The summed E-state index contributed by atoms with van der Waals surface area (Å²) in [7, 11) is 1.74. The lowest BCUT2D eigenvalue weighted by molar-refractivity contribution is -0.703. The van der Waals surface area contributed by atoms with Gasteiger partial charge in [-0.15, -0.1) is 0 Å². The molecule has 0 aliphatic carbocycles. The van der Waals surface area contributed by atoms with Crippen LogP contribution in [0.15, 0.2) is 12.4 Å². The number of rotatable bonds is 5. The summed E-state index contributed by atoms with van der Waals surface area (Å²) in [6, 6.07) is 0. The smallest absolute Gasteiger partial charge is 0.253 e. The molecule has 1 aromatic heterocycles. The molecule has 0 unspecified atom stereocenters. The molecule has 1 heterocycles. The van der Waals surface area contributed by atoms with Crippen LogP contribution < -0.4 is 4.57 Å². The standard InChI is InChI=1S/C10H19N2O/c1-4-11-7-8-12(10(11)2)6-5-9-13-3/h7-8H,4-6,9H2,1-3H3/q+1. The van der Waals surface area contributed by atoms with Gasteiger partial charge < -0.3 is 4.74 Å². The lowest BCUT2D eigenvalue weighted by Crippen LogP contribution is -2.36. The first-order valence-corrected chi connectivity index (χ1v) is 4.83. The molecule has 0 aliphatic heterocycles. The molecule has 0 aliphatic rings. The van der Waals surface area contributed by atoms with E-state index in [0.29, 0.717) is 0 Å². The van der Waals surface area contributed by atoms with Gasteiger partial charge in [0, 0.05) is 27.1 Å². The van der Waals surface area contributed by atoms with Crippen LogP contribution in [0, 0.1) is 6.92 Å². The summed E-state index contributed by atoms with van der Waals surface area (Å²) in [5.74, 6) is 1.32. The van der Waals surface area contributed by atoms with Gasteiger partial charge in [0.2, 0.25) is 0 Å². The number of imidazole rings is 1. The summed E-state index contributed by atoms with van der Waals surface area (Å²) in [6.07, 6.45) is 5.34. The summed E-state index contributed by atoms with van der Waals surface area (Å²) < 4.78 is 9.53. The minimum Gasteiger partial charge on any atom is -0.385 e. The second-order valence-electron chi connectivity index (χ2n) is 3.17. The average molecular weight is 183 g/mol. The van der Waals surface area contributed by atoms with Gasteiger partial charge in [0.1, 0.15) is 12.4 Å². The van der Waals surface area contributed by atoms with E-state index in [0.717, 1.165) is 26.1 Å². The second kappa shape index (κ2) is 5.02. The van der Waals surface area contributed by atoms with Crippen LogP contribution in [0.3, 0.4) is 0 Å². The minimum absolute atomic E-state index is 0.837. The Morgan fingerprint density at radius 1 is 1.54 bits per heavy atom. The van der Waals surface area contributed by atoms with E-state index in [2.05, 4.69) is 35.4 Å². The fourth-order valence-electron chi connectivity index (χ4n) is 1.49. The number of hydrogen-bond acceptors (Lipinski definition) is 1. The number of ether oxygens (including phenoxy) is 1. The van der Waals surface area contributed by atoms with Gasteiger partial charge >= 0.3 is 0 Å². The van der Waals surface area contributed by atoms with Crippen molar-refractivity contribution >= 4 is 0 Å². The molecule has 1 rings (SSSR count). The molecule has 0 amide bonds. The van der Waals surface area contributed by atoms with E-state index in [4.69, 9.17) is 4.74 Å². The van der Waals surface area contributed by atoms with Gasteiger partial charge in [-0.25, -0.2) is 9.13 Å². The molecule has 0 bridgehead atoms. The van der Waals surface area contributed by atoms with Gasteiger partial charge in [0.05, 0.1) is 13.1 Å². The maximum atomic E-state index is 5.02. The second-order valence-corrected chi connectivity index (χ2v) is 3.17. The number of hydrogen-bond donors (Lipinski definition) is 0. The van der Waals surface area contributed by atoms with E-state index in [-0.39, 0.29) is 0 Å². The molecular weight excluding hydrogens is 164 g/mol.